The molecule has 0 spiro atoms. The minimum absolute atomic E-state index is 0.124. The zero-order chi connectivity index (χ0) is 19.4. The molecule has 6 nitrogen and oxygen atoms in total. The van der Waals surface area contributed by atoms with Crippen molar-refractivity contribution in [1.82, 2.24) is 4.90 Å². The summed E-state index contributed by atoms with van der Waals surface area (Å²) in [4.78, 5) is 16.8. The van der Waals surface area contributed by atoms with Gasteiger partial charge < -0.3 is 24.6 Å². The first-order chi connectivity index (χ1) is 13.0. The molecule has 1 heterocycles. The van der Waals surface area contributed by atoms with Gasteiger partial charge in [0.15, 0.2) is 0 Å². The van der Waals surface area contributed by atoms with E-state index in [0.29, 0.717) is 30.3 Å². The first-order valence-electron chi connectivity index (χ1n) is 9.12. The molecule has 0 aromatic heterocycles. The molecule has 2 amide bonds. The Morgan fingerprint density at radius 3 is 2.30 bits per heavy atom. The summed E-state index contributed by atoms with van der Waals surface area (Å²) in [7, 11) is 3.18. The minimum atomic E-state index is -0.124. The zero-order valence-corrected chi connectivity index (χ0v) is 16.4. The average Bonchev–Trinajstić information content (AvgIpc) is 2.70. The number of nitrogens with one attached hydrogen (secondary N) is 1. The Morgan fingerprint density at radius 1 is 0.926 bits per heavy atom. The van der Waals surface area contributed by atoms with Gasteiger partial charge in [0.1, 0.15) is 11.5 Å². The Kier molecular flexibility index (Phi) is 5.74. The number of nitrogens with zero attached hydrogens (tertiary/aromatic N) is 2. The molecule has 0 aliphatic carbocycles. The molecule has 0 bridgehead atoms. The van der Waals surface area contributed by atoms with Crippen LogP contribution in [0.4, 0.5) is 16.2 Å². The molecule has 6 heteroatoms. The van der Waals surface area contributed by atoms with Gasteiger partial charge in [0, 0.05) is 37.9 Å². The average molecular weight is 369 g/mol. The largest absolute Gasteiger partial charge is 0.497 e. The van der Waals surface area contributed by atoms with Crippen LogP contribution in [0.5, 0.6) is 11.5 Å². The number of methoxy groups -OCH3 is 2. The highest BCUT2D eigenvalue weighted by Crippen LogP contribution is 2.29. The predicted molar refractivity (Wildman–Crippen MR) is 108 cm³/mol. The fourth-order valence-electron chi connectivity index (χ4n) is 3.20. The van der Waals surface area contributed by atoms with E-state index in [0.717, 1.165) is 13.1 Å². The lowest BCUT2D eigenvalue weighted by Gasteiger charge is -2.36. The normalized spacial score (nSPS) is 14.1. The molecule has 0 saturated carbocycles. The van der Waals surface area contributed by atoms with Crippen molar-refractivity contribution in [3.63, 3.8) is 0 Å². The van der Waals surface area contributed by atoms with Gasteiger partial charge >= 0.3 is 6.03 Å². The van der Waals surface area contributed by atoms with E-state index in [9.17, 15) is 4.79 Å². The Labute approximate surface area is 160 Å². The molecule has 2 aromatic rings. The Balaban J connectivity index is 1.62. The van der Waals surface area contributed by atoms with Crippen molar-refractivity contribution in [2.24, 2.45) is 0 Å². The molecule has 0 radical (unpaired) electrons. The Hall–Kier alpha value is -2.89. The van der Waals surface area contributed by atoms with E-state index in [4.69, 9.17) is 9.47 Å². The highest BCUT2D eigenvalue weighted by atomic mass is 16.5. The smallest absolute Gasteiger partial charge is 0.322 e. The van der Waals surface area contributed by atoms with E-state index in [1.165, 1.54) is 16.8 Å². The van der Waals surface area contributed by atoms with Crippen LogP contribution in [0.2, 0.25) is 0 Å². The molecule has 1 N–H and O–H groups in total. The van der Waals surface area contributed by atoms with E-state index in [-0.39, 0.29) is 6.03 Å². The van der Waals surface area contributed by atoms with Crippen LogP contribution in [0.3, 0.4) is 0 Å². The molecular formula is C21H27N3O3. The maximum Gasteiger partial charge on any atom is 0.322 e. The number of carbonyl (C=O) groups is 1. The van der Waals surface area contributed by atoms with E-state index in [1.807, 2.05) is 4.90 Å². The summed E-state index contributed by atoms with van der Waals surface area (Å²) in [6, 6.07) is 11.7. The molecule has 0 atom stereocenters. The van der Waals surface area contributed by atoms with Crippen molar-refractivity contribution in [3.05, 3.63) is 47.5 Å². The van der Waals surface area contributed by atoms with Gasteiger partial charge in [-0.2, -0.15) is 0 Å². The highest BCUT2D eigenvalue weighted by Gasteiger charge is 2.22. The van der Waals surface area contributed by atoms with Gasteiger partial charge in [-0.3, -0.25) is 0 Å². The summed E-state index contributed by atoms with van der Waals surface area (Å²) < 4.78 is 10.6. The Bertz CT molecular complexity index is 814. The topological polar surface area (TPSA) is 54.0 Å². The van der Waals surface area contributed by atoms with Crippen molar-refractivity contribution >= 4 is 17.4 Å². The van der Waals surface area contributed by atoms with Crippen molar-refractivity contribution in [3.8, 4) is 11.5 Å². The number of anilines is 2. The van der Waals surface area contributed by atoms with Crippen molar-refractivity contribution < 1.29 is 14.3 Å². The number of benzene rings is 2. The molecule has 3 rings (SSSR count). The van der Waals surface area contributed by atoms with Crippen molar-refractivity contribution in [2.45, 2.75) is 13.8 Å². The van der Waals surface area contributed by atoms with E-state index < -0.39 is 0 Å². The summed E-state index contributed by atoms with van der Waals surface area (Å²) >= 11 is 0. The van der Waals surface area contributed by atoms with E-state index in [1.54, 1.807) is 32.4 Å². The van der Waals surface area contributed by atoms with Crippen LogP contribution in [0.1, 0.15) is 11.1 Å². The van der Waals surface area contributed by atoms with Crippen LogP contribution in [0.25, 0.3) is 0 Å². The third kappa shape index (κ3) is 4.27. The van der Waals surface area contributed by atoms with Crippen molar-refractivity contribution in [2.75, 3.05) is 50.6 Å². The molecule has 144 valence electrons. The van der Waals surface area contributed by atoms with Crippen molar-refractivity contribution in [1.29, 1.82) is 0 Å². The number of urea groups is 1. The molecular weight excluding hydrogens is 342 g/mol. The maximum atomic E-state index is 12.7. The Morgan fingerprint density at radius 2 is 1.67 bits per heavy atom. The quantitative estimate of drug-likeness (QED) is 0.893. The number of ether oxygens (including phenoxy) is 2. The standard InChI is InChI=1S/C21H27N3O3/c1-15-5-6-17(13-16(15)2)23-9-11-24(12-10-23)21(25)22-19-14-18(26-3)7-8-20(19)27-4/h5-8,13-14H,9-12H2,1-4H3,(H,22,25). The lowest BCUT2D eigenvalue weighted by Crippen LogP contribution is -2.50. The third-order valence-corrected chi connectivity index (χ3v) is 5.07. The fourth-order valence-corrected chi connectivity index (χ4v) is 3.20. The van der Waals surface area contributed by atoms with Gasteiger partial charge in [-0.25, -0.2) is 4.79 Å². The fraction of sp³-hybridized carbons (Fsp3) is 0.381. The van der Waals surface area contributed by atoms with Gasteiger partial charge in [-0.1, -0.05) is 6.07 Å². The van der Waals surface area contributed by atoms with Gasteiger partial charge in [0.05, 0.1) is 19.9 Å². The molecule has 1 aliphatic rings. The molecule has 1 aliphatic heterocycles. The minimum Gasteiger partial charge on any atom is -0.497 e. The number of hydrogen-bond acceptors (Lipinski definition) is 4. The molecule has 1 fully saturated rings. The lowest BCUT2D eigenvalue weighted by molar-refractivity contribution is 0.208. The van der Waals surface area contributed by atoms with Gasteiger partial charge in [-0.15, -0.1) is 0 Å². The van der Waals surface area contributed by atoms with Crippen LogP contribution in [0.15, 0.2) is 36.4 Å². The van der Waals surface area contributed by atoms with Gasteiger partial charge in [-0.05, 0) is 49.2 Å². The van der Waals surface area contributed by atoms with E-state index in [2.05, 4.69) is 42.3 Å². The van der Waals surface area contributed by atoms with Crippen LogP contribution in [-0.4, -0.2) is 51.3 Å². The zero-order valence-electron chi connectivity index (χ0n) is 16.4. The third-order valence-electron chi connectivity index (χ3n) is 5.07. The number of piperazine rings is 1. The summed E-state index contributed by atoms with van der Waals surface area (Å²) in [5.41, 5.74) is 4.41. The number of aryl methyl sites for hydroxylation is 2. The van der Waals surface area contributed by atoms with Crippen LogP contribution >= 0.6 is 0 Å². The number of hydrogen-bond donors (Lipinski definition) is 1. The number of carbonyl (C=O) groups excluding carboxylic acids is 1. The van der Waals surface area contributed by atoms with Crippen LogP contribution in [-0.2, 0) is 0 Å². The monoisotopic (exact) mass is 369 g/mol. The summed E-state index contributed by atoms with van der Waals surface area (Å²) in [5, 5.41) is 2.94. The van der Waals surface area contributed by atoms with Gasteiger partial charge in [0.2, 0.25) is 0 Å². The SMILES string of the molecule is COc1ccc(OC)c(NC(=O)N2CCN(c3ccc(C)c(C)c3)CC2)c1. The summed E-state index contributed by atoms with van der Waals surface area (Å²) in [6.45, 7) is 7.21. The summed E-state index contributed by atoms with van der Waals surface area (Å²) in [6.07, 6.45) is 0. The molecule has 27 heavy (non-hydrogen) atoms. The second-order valence-corrected chi connectivity index (χ2v) is 6.74. The van der Waals surface area contributed by atoms with Gasteiger partial charge in [0.25, 0.3) is 0 Å². The molecule has 1 saturated heterocycles. The predicted octanol–water partition coefficient (Wildman–Crippen LogP) is 3.67. The number of rotatable bonds is 4. The second kappa shape index (κ2) is 8.20. The summed E-state index contributed by atoms with van der Waals surface area (Å²) in [5.74, 6) is 1.28. The first kappa shape index (κ1) is 18.9. The first-order valence-corrected chi connectivity index (χ1v) is 9.12. The number of amides is 2. The highest BCUT2D eigenvalue weighted by molar-refractivity contribution is 5.91. The van der Waals surface area contributed by atoms with Crippen LogP contribution < -0.4 is 19.7 Å². The second-order valence-electron chi connectivity index (χ2n) is 6.74. The molecule has 2 aromatic carbocycles. The maximum absolute atomic E-state index is 12.7. The molecule has 0 unspecified atom stereocenters. The van der Waals surface area contributed by atoms with E-state index >= 15 is 0 Å². The van der Waals surface area contributed by atoms with Crippen LogP contribution in [0, 0.1) is 13.8 Å². The lowest BCUT2D eigenvalue weighted by atomic mass is 10.1.